The molecule has 1 aliphatic rings. The maximum atomic E-state index is 11.3. The molecular weight excluding hydrogens is 228 g/mol. The van der Waals surface area contributed by atoms with E-state index in [1.165, 1.54) is 0 Å². The van der Waals surface area contributed by atoms with E-state index in [1.54, 1.807) is 0 Å². The van der Waals surface area contributed by atoms with E-state index in [0.29, 0.717) is 12.8 Å². The average Bonchev–Trinajstić information content (AvgIpc) is 2.56. The molecule has 5 heteroatoms. The van der Waals surface area contributed by atoms with Gasteiger partial charge in [-0.3, -0.25) is 8.98 Å². The molecule has 0 atom stereocenters. The molecule has 0 fully saturated rings. The number of unbranched alkanes of at least 4 members (excludes halogenated alkanes) is 2. The van der Waals surface area contributed by atoms with Crippen LogP contribution >= 0.6 is 0 Å². The predicted octanol–water partition coefficient (Wildman–Crippen LogP) is 1.81. The van der Waals surface area contributed by atoms with Crippen molar-refractivity contribution in [2.24, 2.45) is 0 Å². The molecule has 0 saturated carbocycles. The van der Waals surface area contributed by atoms with Crippen LogP contribution in [0, 0.1) is 0 Å². The monoisotopic (exact) mass is 246 g/mol. The molecule has 0 aromatic carbocycles. The summed E-state index contributed by atoms with van der Waals surface area (Å²) in [5.41, 5.74) is 0.948. The van der Waals surface area contributed by atoms with Crippen LogP contribution in [-0.4, -0.2) is 27.1 Å². The SMILES string of the molecule is CS(=O)(=O)OCCCCCC1=CCCC1=O. The third-order valence-corrected chi connectivity index (χ3v) is 3.10. The van der Waals surface area contributed by atoms with E-state index in [9.17, 15) is 13.2 Å². The van der Waals surface area contributed by atoms with Gasteiger partial charge in [-0.25, -0.2) is 0 Å². The third kappa shape index (κ3) is 5.42. The summed E-state index contributed by atoms with van der Waals surface area (Å²) >= 11 is 0. The van der Waals surface area contributed by atoms with Gasteiger partial charge in [-0.1, -0.05) is 12.5 Å². The molecule has 0 radical (unpaired) electrons. The van der Waals surface area contributed by atoms with Crippen LogP contribution in [0.4, 0.5) is 0 Å². The first-order chi connectivity index (χ1) is 7.49. The lowest BCUT2D eigenvalue weighted by atomic mass is 10.1. The zero-order chi connectivity index (χ0) is 12.0. The Morgan fingerprint density at radius 3 is 2.62 bits per heavy atom. The van der Waals surface area contributed by atoms with Crippen LogP contribution in [-0.2, 0) is 19.1 Å². The molecule has 0 spiro atoms. The van der Waals surface area contributed by atoms with Gasteiger partial charge in [-0.05, 0) is 31.3 Å². The van der Waals surface area contributed by atoms with Gasteiger partial charge in [0.15, 0.2) is 5.78 Å². The second-order valence-corrected chi connectivity index (χ2v) is 5.67. The summed E-state index contributed by atoms with van der Waals surface area (Å²) in [6, 6.07) is 0. The highest BCUT2D eigenvalue weighted by Gasteiger charge is 2.13. The number of hydrogen-bond donors (Lipinski definition) is 0. The molecule has 92 valence electrons. The minimum atomic E-state index is -3.30. The van der Waals surface area contributed by atoms with Crippen molar-refractivity contribution in [1.82, 2.24) is 0 Å². The fourth-order valence-corrected chi connectivity index (χ4v) is 2.12. The van der Waals surface area contributed by atoms with Crippen molar-refractivity contribution in [2.75, 3.05) is 12.9 Å². The molecular formula is C11H18O4S. The Balaban J connectivity index is 2.02. The summed E-state index contributed by atoms with van der Waals surface area (Å²) in [7, 11) is -3.30. The minimum Gasteiger partial charge on any atom is -0.295 e. The maximum absolute atomic E-state index is 11.3. The Morgan fingerprint density at radius 2 is 2.06 bits per heavy atom. The maximum Gasteiger partial charge on any atom is 0.264 e. The van der Waals surface area contributed by atoms with Gasteiger partial charge in [0.25, 0.3) is 10.1 Å². The molecule has 0 aliphatic heterocycles. The van der Waals surface area contributed by atoms with Crippen LogP contribution < -0.4 is 0 Å². The van der Waals surface area contributed by atoms with Crippen molar-refractivity contribution in [1.29, 1.82) is 0 Å². The molecule has 0 aromatic rings. The van der Waals surface area contributed by atoms with Gasteiger partial charge in [-0.2, -0.15) is 8.42 Å². The highest BCUT2D eigenvalue weighted by Crippen LogP contribution is 2.19. The van der Waals surface area contributed by atoms with E-state index >= 15 is 0 Å². The summed E-state index contributed by atoms with van der Waals surface area (Å²) < 4.78 is 25.9. The van der Waals surface area contributed by atoms with Gasteiger partial charge >= 0.3 is 0 Å². The molecule has 0 saturated heterocycles. The van der Waals surface area contributed by atoms with Crippen molar-refractivity contribution in [3.05, 3.63) is 11.6 Å². The highest BCUT2D eigenvalue weighted by molar-refractivity contribution is 7.85. The van der Waals surface area contributed by atoms with E-state index in [4.69, 9.17) is 0 Å². The fraction of sp³-hybridized carbons (Fsp3) is 0.727. The number of allylic oxidation sites excluding steroid dienone is 2. The molecule has 1 rings (SSSR count). The number of carbonyl (C=O) groups excluding carboxylic acids is 1. The third-order valence-electron chi connectivity index (χ3n) is 2.51. The Morgan fingerprint density at radius 1 is 1.31 bits per heavy atom. The molecule has 0 unspecified atom stereocenters. The smallest absolute Gasteiger partial charge is 0.264 e. The van der Waals surface area contributed by atoms with Gasteiger partial charge in [0, 0.05) is 6.42 Å². The lowest BCUT2D eigenvalue weighted by Gasteiger charge is -2.02. The van der Waals surface area contributed by atoms with Crippen molar-refractivity contribution >= 4 is 15.9 Å². The van der Waals surface area contributed by atoms with E-state index in [1.807, 2.05) is 6.08 Å². The number of Topliss-reactive ketones (excluding diaryl/α,β-unsaturated/α-hetero) is 1. The summed E-state index contributed by atoms with van der Waals surface area (Å²) in [5.74, 6) is 0.271. The summed E-state index contributed by atoms with van der Waals surface area (Å²) in [6.07, 6.45) is 7.94. The topological polar surface area (TPSA) is 60.4 Å². The van der Waals surface area contributed by atoms with Gasteiger partial charge in [-0.15, -0.1) is 0 Å². The van der Waals surface area contributed by atoms with E-state index in [0.717, 1.165) is 37.5 Å². The van der Waals surface area contributed by atoms with Gasteiger partial charge in [0.1, 0.15) is 0 Å². The van der Waals surface area contributed by atoms with E-state index in [2.05, 4.69) is 4.18 Å². The standard InChI is InChI=1S/C11H18O4S/c1-16(13,14)15-9-4-2-3-6-10-7-5-8-11(10)12/h7H,2-6,8-9H2,1H3. The normalized spacial score (nSPS) is 16.6. The molecule has 0 amide bonds. The quantitative estimate of drug-likeness (QED) is 0.508. The fourth-order valence-electron chi connectivity index (χ4n) is 1.70. The Labute approximate surface area is 96.8 Å². The minimum absolute atomic E-state index is 0.242. The number of ketones is 1. The molecule has 1 aliphatic carbocycles. The summed E-state index contributed by atoms with van der Waals surface area (Å²) in [5, 5.41) is 0. The molecule has 0 N–H and O–H groups in total. The molecule has 0 aromatic heterocycles. The number of hydrogen-bond acceptors (Lipinski definition) is 4. The number of rotatable bonds is 7. The van der Waals surface area contributed by atoms with Crippen molar-refractivity contribution < 1.29 is 17.4 Å². The van der Waals surface area contributed by atoms with Gasteiger partial charge in [0.05, 0.1) is 12.9 Å². The van der Waals surface area contributed by atoms with Crippen LogP contribution in [0.5, 0.6) is 0 Å². The Hall–Kier alpha value is -0.680. The van der Waals surface area contributed by atoms with Crippen LogP contribution in [0.15, 0.2) is 11.6 Å². The largest absolute Gasteiger partial charge is 0.295 e. The Bertz CT molecular complexity index is 367. The molecule has 0 bridgehead atoms. The highest BCUT2D eigenvalue weighted by atomic mass is 32.2. The van der Waals surface area contributed by atoms with Gasteiger partial charge < -0.3 is 0 Å². The zero-order valence-corrected chi connectivity index (χ0v) is 10.4. The lowest BCUT2D eigenvalue weighted by molar-refractivity contribution is -0.115. The first-order valence-corrected chi connectivity index (χ1v) is 7.37. The molecule has 0 heterocycles. The summed E-state index contributed by atoms with van der Waals surface area (Å²) in [4.78, 5) is 11.3. The van der Waals surface area contributed by atoms with Crippen molar-refractivity contribution in [3.63, 3.8) is 0 Å². The zero-order valence-electron chi connectivity index (χ0n) is 9.57. The molecule has 4 nitrogen and oxygen atoms in total. The van der Waals surface area contributed by atoms with Crippen LogP contribution in [0.2, 0.25) is 0 Å². The van der Waals surface area contributed by atoms with E-state index in [-0.39, 0.29) is 12.4 Å². The van der Waals surface area contributed by atoms with Crippen LogP contribution in [0.3, 0.4) is 0 Å². The average molecular weight is 246 g/mol. The van der Waals surface area contributed by atoms with E-state index < -0.39 is 10.1 Å². The van der Waals surface area contributed by atoms with Crippen molar-refractivity contribution in [3.8, 4) is 0 Å². The number of carbonyl (C=O) groups is 1. The van der Waals surface area contributed by atoms with Crippen molar-refractivity contribution in [2.45, 2.75) is 38.5 Å². The Kier molecular flexibility index (Phi) is 5.15. The van der Waals surface area contributed by atoms with Crippen LogP contribution in [0.25, 0.3) is 0 Å². The molecule has 16 heavy (non-hydrogen) atoms. The lowest BCUT2D eigenvalue weighted by Crippen LogP contribution is -2.04. The summed E-state index contributed by atoms with van der Waals surface area (Å²) in [6.45, 7) is 0.242. The first kappa shape index (κ1) is 13.4. The predicted molar refractivity (Wildman–Crippen MR) is 61.6 cm³/mol. The van der Waals surface area contributed by atoms with Crippen LogP contribution in [0.1, 0.15) is 38.5 Å². The van der Waals surface area contributed by atoms with Gasteiger partial charge in [0.2, 0.25) is 0 Å². The second kappa shape index (κ2) is 6.15. The second-order valence-electron chi connectivity index (χ2n) is 4.03. The first-order valence-electron chi connectivity index (χ1n) is 5.56.